The Morgan fingerprint density at radius 1 is 0.667 bits per heavy atom. The molecule has 3 aromatic carbocycles. The molecule has 0 N–H and O–H groups in total. The van der Waals surface area contributed by atoms with Crippen molar-refractivity contribution in [3.05, 3.63) is 204 Å². The van der Waals surface area contributed by atoms with Gasteiger partial charge >= 0.3 is 0 Å². The topological polar surface area (TPSA) is 3.24 Å². The van der Waals surface area contributed by atoms with Crippen LogP contribution >= 0.6 is 0 Å². The van der Waals surface area contributed by atoms with Gasteiger partial charge in [-0.05, 0) is 125 Å². The summed E-state index contributed by atoms with van der Waals surface area (Å²) >= 11 is 0. The maximum atomic E-state index is 2.54. The van der Waals surface area contributed by atoms with Crippen LogP contribution in [0, 0.1) is 35.5 Å². The highest BCUT2D eigenvalue weighted by atomic mass is 15.1. The van der Waals surface area contributed by atoms with E-state index >= 15 is 0 Å². The number of hydrogen-bond donors (Lipinski definition) is 0. The Kier molecular flexibility index (Phi) is 7.74. The SMILES string of the molecule is C1=CC2=C(C3=CC=C(N(c4ccc(C5[C@H]6C=CC=CC6C=C6C=CCC[C@H]65)cc4)c4ccc5ccccc5c4)CC3)C3C=CC=CC3CC2C=C1. The van der Waals surface area contributed by atoms with Crippen molar-refractivity contribution >= 4 is 22.1 Å². The van der Waals surface area contributed by atoms with Gasteiger partial charge in [0.25, 0.3) is 0 Å². The van der Waals surface area contributed by atoms with Crippen LogP contribution in [0.2, 0.25) is 0 Å². The molecule has 0 amide bonds. The Bertz CT molecular complexity index is 2220. The fourth-order valence-corrected chi connectivity index (χ4v) is 10.3. The Balaban J connectivity index is 1.04. The molecule has 0 aromatic heterocycles. The van der Waals surface area contributed by atoms with Crippen molar-refractivity contribution in [3.63, 3.8) is 0 Å². The Morgan fingerprint density at radius 3 is 2.39 bits per heavy atom. The van der Waals surface area contributed by atoms with E-state index in [4.69, 9.17) is 0 Å². The third-order valence-electron chi connectivity index (χ3n) is 12.7. The predicted octanol–water partition coefficient (Wildman–Crippen LogP) is 12.7. The van der Waals surface area contributed by atoms with Crippen molar-refractivity contribution in [2.45, 2.75) is 38.0 Å². The van der Waals surface area contributed by atoms with E-state index in [2.05, 4.69) is 175 Å². The molecule has 250 valence electrons. The monoisotopic (exact) mass is 659 g/mol. The quantitative estimate of drug-likeness (QED) is 0.263. The maximum Gasteiger partial charge on any atom is 0.0464 e. The second-order valence-corrected chi connectivity index (χ2v) is 15.4. The third-order valence-corrected chi connectivity index (χ3v) is 12.7. The third kappa shape index (κ3) is 5.46. The molecule has 7 atom stereocenters. The van der Waals surface area contributed by atoms with Crippen LogP contribution in [0.1, 0.15) is 43.6 Å². The van der Waals surface area contributed by atoms with Gasteiger partial charge in [-0.25, -0.2) is 0 Å². The summed E-state index contributed by atoms with van der Waals surface area (Å²) in [4.78, 5) is 2.53. The average molecular weight is 660 g/mol. The van der Waals surface area contributed by atoms with Gasteiger partial charge in [-0.1, -0.05) is 140 Å². The van der Waals surface area contributed by atoms with E-state index in [0.29, 0.717) is 41.4 Å². The number of rotatable bonds is 5. The zero-order chi connectivity index (χ0) is 33.7. The summed E-state index contributed by atoms with van der Waals surface area (Å²) in [5.41, 5.74) is 11.4. The molecule has 0 spiro atoms. The fourth-order valence-electron chi connectivity index (χ4n) is 10.3. The zero-order valence-electron chi connectivity index (χ0n) is 29.2. The minimum absolute atomic E-state index is 0.464. The van der Waals surface area contributed by atoms with Gasteiger partial charge in [0, 0.05) is 34.8 Å². The largest absolute Gasteiger partial charge is 0.314 e. The molecule has 1 heteroatoms. The van der Waals surface area contributed by atoms with E-state index in [1.54, 1.807) is 5.57 Å². The molecule has 3 aromatic rings. The lowest BCUT2D eigenvalue weighted by molar-refractivity contribution is 0.314. The van der Waals surface area contributed by atoms with Crippen molar-refractivity contribution in [3.8, 4) is 0 Å². The number of fused-ring (bicyclic) bond motifs is 5. The summed E-state index contributed by atoms with van der Waals surface area (Å²) in [7, 11) is 0. The number of allylic oxidation sites excluding steroid dienone is 22. The van der Waals surface area contributed by atoms with Crippen LogP contribution in [0.3, 0.4) is 0 Å². The van der Waals surface area contributed by atoms with Crippen LogP contribution in [0.15, 0.2) is 198 Å². The molecule has 0 radical (unpaired) electrons. The first-order chi connectivity index (χ1) is 25.3. The summed E-state index contributed by atoms with van der Waals surface area (Å²) in [5.74, 6) is 3.61. The number of benzene rings is 3. The summed E-state index contributed by atoms with van der Waals surface area (Å²) < 4.78 is 0. The fraction of sp³-hybridized carbons (Fsp3) is 0.240. The lowest BCUT2D eigenvalue weighted by Gasteiger charge is -2.43. The molecule has 0 aliphatic heterocycles. The van der Waals surface area contributed by atoms with Crippen molar-refractivity contribution in [1.82, 2.24) is 0 Å². The molecule has 51 heavy (non-hydrogen) atoms. The van der Waals surface area contributed by atoms with Gasteiger partial charge in [-0.15, -0.1) is 0 Å². The number of hydrogen-bond acceptors (Lipinski definition) is 1. The van der Waals surface area contributed by atoms with Crippen molar-refractivity contribution in [2.24, 2.45) is 35.5 Å². The molecule has 0 saturated carbocycles. The van der Waals surface area contributed by atoms with Gasteiger partial charge < -0.3 is 4.90 Å². The van der Waals surface area contributed by atoms with Gasteiger partial charge in [-0.3, -0.25) is 0 Å². The van der Waals surface area contributed by atoms with Crippen LogP contribution < -0.4 is 4.90 Å². The summed E-state index contributed by atoms with van der Waals surface area (Å²) in [6.07, 6.45) is 46.0. The number of nitrogens with zero attached hydrogens (tertiary/aromatic N) is 1. The Morgan fingerprint density at radius 2 is 1.49 bits per heavy atom. The van der Waals surface area contributed by atoms with Crippen LogP contribution in [0.4, 0.5) is 11.4 Å². The molecular formula is C50H45N. The second kappa shape index (κ2) is 12.9. The standard InChI is InChI=1S/C50H45N/c1-2-12-37-33-44(30-21-34(37)11-1)51(42-26-22-35(23-27-42)49-45-17-7-3-13-38(45)31-39-14-4-8-18-46(39)49)43-28-24-36(25-29-43)50-47-19-9-5-15-40(47)32-41-16-6-10-20-48(41)50/h1-9,11-19,21-22,24-26,28-30,32-33,38-40,45,47-48,50H,10,20,23,27,31H2/t38?,39?,40?,45?,47-,48+,50?/m0/s1. The minimum Gasteiger partial charge on any atom is -0.314 e. The molecule has 0 fully saturated rings. The van der Waals surface area contributed by atoms with Gasteiger partial charge in [0.15, 0.2) is 0 Å². The Hall–Kier alpha value is -5.14. The van der Waals surface area contributed by atoms with Crippen molar-refractivity contribution in [2.75, 3.05) is 4.90 Å². The minimum atomic E-state index is 0.464. The van der Waals surface area contributed by atoms with E-state index in [1.807, 2.05) is 0 Å². The first-order valence-corrected chi connectivity index (χ1v) is 19.2. The molecule has 0 saturated heterocycles. The molecule has 0 heterocycles. The summed E-state index contributed by atoms with van der Waals surface area (Å²) in [5, 5.41) is 2.56. The van der Waals surface area contributed by atoms with E-state index < -0.39 is 0 Å². The van der Waals surface area contributed by atoms with Gasteiger partial charge in [-0.2, -0.15) is 0 Å². The molecular weight excluding hydrogens is 615 g/mol. The highest BCUT2D eigenvalue weighted by molar-refractivity contribution is 5.87. The first-order valence-electron chi connectivity index (χ1n) is 19.2. The van der Waals surface area contributed by atoms with Crippen LogP contribution in [0.25, 0.3) is 10.8 Å². The maximum absolute atomic E-state index is 2.54. The van der Waals surface area contributed by atoms with Crippen molar-refractivity contribution < 1.29 is 0 Å². The molecule has 7 aliphatic carbocycles. The molecule has 5 unspecified atom stereocenters. The van der Waals surface area contributed by atoms with E-state index in [-0.39, 0.29) is 0 Å². The smallest absolute Gasteiger partial charge is 0.0464 e. The lowest BCUT2D eigenvalue weighted by atomic mass is 9.61. The zero-order valence-corrected chi connectivity index (χ0v) is 29.2. The van der Waals surface area contributed by atoms with Crippen molar-refractivity contribution in [1.29, 1.82) is 0 Å². The molecule has 10 rings (SSSR count). The normalized spacial score (nSPS) is 29.9. The van der Waals surface area contributed by atoms with Crippen LogP contribution in [-0.4, -0.2) is 0 Å². The highest BCUT2D eigenvalue weighted by Gasteiger charge is 2.40. The van der Waals surface area contributed by atoms with E-state index in [9.17, 15) is 0 Å². The lowest BCUT2D eigenvalue weighted by Crippen LogP contribution is -2.32. The van der Waals surface area contributed by atoms with E-state index in [0.717, 1.165) is 12.8 Å². The predicted molar refractivity (Wildman–Crippen MR) is 215 cm³/mol. The van der Waals surface area contributed by atoms with E-state index in [1.165, 1.54) is 69.4 Å². The second-order valence-electron chi connectivity index (χ2n) is 15.4. The van der Waals surface area contributed by atoms with Gasteiger partial charge in [0.05, 0.1) is 0 Å². The average Bonchev–Trinajstić information content (AvgIpc) is 3.20. The van der Waals surface area contributed by atoms with Crippen LogP contribution in [-0.2, 0) is 0 Å². The highest BCUT2D eigenvalue weighted by Crippen LogP contribution is 2.51. The van der Waals surface area contributed by atoms with Crippen LogP contribution in [0.5, 0.6) is 0 Å². The first kappa shape index (κ1) is 30.7. The molecule has 1 nitrogen and oxygen atoms in total. The molecule has 7 aliphatic rings. The number of anilines is 2. The summed E-state index contributed by atoms with van der Waals surface area (Å²) in [6, 6.07) is 25.4. The Labute approximate surface area is 303 Å². The summed E-state index contributed by atoms with van der Waals surface area (Å²) in [6.45, 7) is 0. The van der Waals surface area contributed by atoms with Gasteiger partial charge in [0.2, 0.25) is 0 Å². The molecule has 0 bridgehead atoms. The van der Waals surface area contributed by atoms with Gasteiger partial charge in [0.1, 0.15) is 0 Å².